The minimum atomic E-state index is -0.596. The predicted molar refractivity (Wildman–Crippen MR) is 87.4 cm³/mol. The van der Waals surface area contributed by atoms with E-state index < -0.39 is 17.7 Å². The molecule has 1 N–H and O–H groups in total. The summed E-state index contributed by atoms with van der Waals surface area (Å²) in [6.45, 7) is -0.138. The number of ether oxygens (including phenoxy) is 2. The zero-order valence-corrected chi connectivity index (χ0v) is 13.4. The Kier molecular flexibility index (Phi) is 6.07. The number of nitrogens with one attached hydrogen (secondary N) is 1. The summed E-state index contributed by atoms with van der Waals surface area (Å²) in [5.41, 5.74) is 1.15. The molecule has 0 saturated carbocycles. The molecule has 0 saturated heterocycles. The number of methoxy groups -OCH3 is 1. The molecule has 0 aromatic heterocycles. The van der Waals surface area contributed by atoms with Gasteiger partial charge in [-0.2, -0.15) is 5.26 Å². The second-order valence-electron chi connectivity index (χ2n) is 4.99. The number of nitriles is 1. The third-order valence-electron chi connectivity index (χ3n) is 3.25. The molecule has 2 aromatic rings. The Labute approximate surface area is 143 Å². The molecule has 25 heavy (non-hydrogen) atoms. The highest BCUT2D eigenvalue weighted by atomic mass is 19.1. The molecule has 0 aliphatic rings. The number of esters is 1. The first-order valence-corrected chi connectivity index (χ1v) is 7.30. The van der Waals surface area contributed by atoms with Crippen LogP contribution >= 0.6 is 0 Å². The van der Waals surface area contributed by atoms with Crippen molar-refractivity contribution in [1.82, 2.24) is 0 Å². The van der Waals surface area contributed by atoms with Crippen molar-refractivity contribution in [3.05, 3.63) is 59.4 Å². The first-order chi connectivity index (χ1) is 12.0. The summed E-state index contributed by atoms with van der Waals surface area (Å²) in [6.07, 6.45) is -0.251. The van der Waals surface area contributed by atoms with Crippen molar-refractivity contribution in [2.24, 2.45) is 0 Å². The molecule has 1 amide bonds. The lowest BCUT2D eigenvalue weighted by atomic mass is 10.2. The second-order valence-corrected chi connectivity index (χ2v) is 4.99. The number of carbonyl (C=O) groups excluding carboxylic acids is 2. The molecular formula is C18H15FN2O4. The molecule has 0 atom stereocenters. The van der Waals surface area contributed by atoms with Crippen molar-refractivity contribution in [1.29, 1.82) is 5.26 Å². The van der Waals surface area contributed by atoms with Crippen molar-refractivity contribution in [2.45, 2.75) is 13.0 Å². The van der Waals surface area contributed by atoms with Gasteiger partial charge in [-0.15, -0.1) is 0 Å². The first-order valence-electron chi connectivity index (χ1n) is 7.30. The zero-order valence-electron chi connectivity index (χ0n) is 13.4. The fourth-order valence-corrected chi connectivity index (χ4v) is 2.05. The zero-order chi connectivity index (χ0) is 18.2. The molecule has 0 aliphatic carbocycles. The standard InChI is InChI=1S/C18H15FN2O4/c1-24-16-7-4-14(19)10-13(16)11-25-18(23)12-2-5-15(6-3-12)21-17(22)8-9-20/h2-7,10H,8,11H2,1H3,(H,21,22). The van der Waals surface area contributed by atoms with Crippen LogP contribution in [0.1, 0.15) is 22.3 Å². The van der Waals surface area contributed by atoms with Crippen LogP contribution < -0.4 is 10.1 Å². The normalized spacial score (nSPS) is 9.80. The lowest BCUT2D eigenvalue weighted by Crippen LogP contribution is -2.10. The van der Waals surface area contributed by atoms with Gasteiger partial charge in [0.2, 0.25) is 5.91 Å². The van der Waals surface area contributed by atoms with Gasteiger partial charge < -0.3 is 14.8 Å². The van der Waals surface area contributed by atoms with E-state index in [1.165, 1.54) is 49.6 Å². The molecular weight excluding hydrogens is 327 g/mol. The largest absolute Gasteiger partial charge is 0.496 e. The highest BCUT2D eigenvalue weighted by molar-refractivity contribution is 5.93. The van der Waals surface area contributed by atoms with Gasteiger partial charge in [0.1, 0.15) is 24.6 Å². The number of carbonyl (C=O) groups is 2. The summed E-state index contributed by atoms with van der Waals surface area (Å²) < 4.78 is 23.5. The summed E-state index contributed by atoms with van der Waals surface area (Å²) in [4.78, 5) is 23.4. The molecule has 128 valence electrons. The fraction of sp³-hybridized carbons (Fsp3) is 0.167. The number of amides is 1. The van der Waals surface area contributed by atoms with E-state index in [1.54, 1.807) is 6.07 Å². The number of anilines is 1. The number of hydrogen-bond donors (Lipinski definition) is 1. The third-order valence-corrected chi connectivity index (χ3v) is 3.25. The molecule has 0 aliphatic heterocycles. The number of rotatable bonds is 6. The molecule has 6 nitrogen and oxygen atoms in total. The molecule has 7 heteroatoms. The average Bonchev–Trinajstić information content (AvgIpc) is 2.60. The van der Waals surface area contributed by atoms with E-state index >= 15 is 0 Å². The monoisotopic (exact) mass is 342 g/mol. The maximum absolute atomic E-state index is 13.3. The maximum atomic E-state index is 13.3. The molecule has 0 radical (unpaired) electrons. The van der Waals surface area contributed by atoms with E-state index in [9.17, 15) is 14.0 Å². The Morgan fingerprint density at radius 2 is 1.92 bits per heavy atom. The Morgan fingerprint density at radius 3 is 2.56 bits per heavy atom. The summed E-state index contributed by atoms with van der Waals surface area (Å²) in [5.74, 6) is -1.06. The van der Waals surface area contributed by atoms with Gasteiger partial charge in [-0.1, -0.05) is 0 Å². The number of nitrogens with zero attached hydrogens (tertiary/aromatic N) is 1. The lowest BCUT2D eigenvalue weighted by Gasteiger charge is -2.10. The summed E-state index contributed by atoms with van der Waals surface area (Å²) in [6, 6.07) is 11.7. The van der Waals surface area contributed by atoms with E-state index in [2.05, 4.69) is 5.32 Å². The van der Waals surface area contributed by atoms with Crippen LogP contribution in [0.15, 0.2) is 42.5 Å². The summed E-state index contributed by atoms with van der Waals surface area (Å²) in [7, 11) is 1.44. The Morgan fingerprint density at radius 1 is 1.20 bits per heavy atom. The van der Waals surface area contributed by atoms with Gasteiger partial charge >= 0.3 is 5.97 Å². The Balaban J connectivity index is 1.98. The van der Waals surface area contributed by atoms with Gasteiger partial charge in [0.15, 0.2) is 0 Å². The molecule has 0 spiro atoms. The van der Waals surface area contributed by atoms with E-state index in [4.69, 9.17) is 14.7 Å². The highest BCUT2D eigenvalue weighted by Gasteiger charge is 2.11. The molecule has 0 heterocycles. The maximum Gasteiger partial charge on any atom is 0.338 e. The minimum absolute atomic E-state index is 0.138. The summed E-state index contributed by atoms with van der Waals surface area (Å²) >= 11 is 0. The van der Waals surface area contributed by atoms with Crippen molar-refractivity contribution >= 4 is 17.6 Å². The third kappa shape index (κ3) is 5.04. The number of benzene rings is 2. The van der Waals surface area contributed by atoms with Crippen molar-refractivity contribution in [3.8, 4) is 11.8 Å². The van der Waals surface area contributed by atoms with Gasteiger partial charge in [-0.05, 0) is 42.5 Å². The summed E-state index contributed by atoms with van der Waals surface area (Å²) in [5, 5.41) is 11.0. The van der Waals surface area contributed by atoms with Crippen LogP contribution in [0.5, 0.6) is 5.75 Å². The quantitative estimate of drug-likeness (QED) is 0.815. The molecule has 0 unspecified atom stereocenters. The van der Waals surface area contributed by atoms with Crippen molar-refractivity contribution in [3.63, 3.8) is 0 Å². The average molecular weight is 342 g/mol. The Hall–Kier alpha value is -3.40. The van der Waals surface area contributed by atoms with E-state index in [0.717, 1.165) is 0 Å². The topological polar surface area (TPSA) is 88.4 Å². The van der Waals surface area contributed by atoms with Crippen LogP contribution in [0.2, 0.25) is 0 Å². The number of halogens is 1. The van der Waals surface area contributed by atoms with E-state index in [1.807, 2.05) is 0 Å². The van der Waals surface area contributed by atoms with Gasteiger partial charge in [0, 0.05) is 11.3 Å². The van der Waals surface area contributed by atoms with Gasteiger partial charge in [-0.25, -0.2) is 9.18 Å². The van der Waals surface area contributed by atoms with E-state index in [0.29, 0.717) is 17.0 Å². The minimum Gasteiger partial charge on any atom is -0.496 e. The highest BCUT2D eigenvalue weighted by Crippen LogP contribution is 2.21. The van der Waals surface area contributed by atoms with Gasteiger partial charge in [0.05, 0.1) is 18.7 Å². The molecule has 2 rings (SSSR count). The predicted octanol–water partition coefficient (Wildman–Crippen LogP) is 3.04. The molecule has 0 fully saturated rings. The second kappa shape index (κ2) is 8.45. The van der Waals surface area contributed by atoms with Crippen LogP contribution in [0.3, 0.4) is 0 Å². The smallest absolute Gasteiger partial charge is 0.338 e. The Bertz CT molecular complexity index is 813. The van der Waals surface area contributed by atoms with Crippen LogP contribution in [-0.4, -0.2) is 19.0 Å². The van der Waals surface area contributed by atoms with Crippen LogP contribution in [0, 0.1) is 17.1 Å². The van der Waals surface area contributed by atoms with Crippen LogP contribution in [0.4, 0.5) is 10.1 Å². The fourth-order valence-electron chi connectivity index (χ4n) is 2.05. The van der Waals surface area contributed by atoms with Crippen molar-refractivity contribution in [2.75, 3.05) is 12.4 Å². The van der Waals surface area contributed by atoms with Crippen LogP contribution in [0.25, 0.3) is 0 Å². The van der Waals surface area contributed by atoms with Crippen molar-refractivity contribution < 1.29 is 23.5 Å². The number of hydrogen-bond acceptors (Lipinski definition) is 5. The van der Waals surface area contributed by atoms with Gasteiger partial charge in [0.25, 0.3) is 0 Å². The van der Waals surface area contributed by atoms with Gasteiger partial charge in [-0.3, -0.25) is 4.79 Å². The van der Waals surface area contributed by atoms with Crippen LogP contribution in [-0.2, 0) is 16.1 Å². The molecule has 2 aromatic carbocycles. The first kappa shape index (κ1) is 17.9. The molecule has 0 bridgehead atoms. The van der Waals surface area contributed by atoms with E-state index in [-0.39, 0.29) is 18.6 Å². The SMILES string of the molecule is COc1ccc(F)cc1COC(=O)c1ccc(NC(=O)CC#N)cc1. The lowest BCUT2D eigenvalue weighted by molar-refractivity contribution is -0.115.